The molecule has 5 nitrogen and oxygen atoms in total. The van der Waals surface area contributed by atoms with Gasteiger partial charge in [0, 0.05) is 39.6 Å². The Balaban J connectivity index is 2.21. The predicted octanol–water partition coefficient (Wildman–Crippen LogP) is 6.57. The van der Waals surface area contributed by atoms with Crippen LogP contribution in [0.4, 0.5) is 0 Å². The number of rotatable bonds is 8. The van der Waals surface area contributed by atoms with E-state index >= 15 is 0 Å². The number of carbonyl (C=O) groups excluding carboxylic acids is 2. The average molecular weight is 491 g/mol. The van der Waals surface area contributed by atoms with Crippen LogP contribution in [0.5, 0.6) is 0 Å². The van der Waals surface area contributed by atoms with E-state index in [0.717, 1.165) is 21.0 Å². The Morgan fingerprint density at radius 1 is 1.12 bits per heavy atom. The summed E-state index contributed by atoms with van der Waals surface area (Å²) in [6.07, 6.45) is 3.46. The topological polar surface area (TPSA) is 61.2 Å². The normalized spacial score (nSPS) is 11.1. The van der Waals surface area contributed by atoms with Crippen LogP contribution in [-0.4, -0.2) is 27.9 Å². The van der Waals surface area contributed by atoms with E-state index in [1.54, 1.807) is 25.4 Å². The largest absolute Gasteiger partial charge is 0.460 e. The van der Waals surface area contributed by atoms with Crippen LogP contribution in [0.1, 0.15) is 53.9 Å². The van der Waals surface area contributed by atoms with Crippen molar-refractivity contribution in [3.63, 3.8) is 0 Å². The van der Waals surface area contributed by atoms with E-state index in [1.807, 2.05) is 45.0 Å². The molecule has 32 heavy (non-hydrogen) atoms. The molecular formula is C24H24Cl2N2O3S. The quantitative estimate of drug-likeness (QED) is 0.203. The SMILES string of the molecule is CCOC(=O)C(=O)c1c(C(C)C)c(Sc2cc(Cl)cc(Cl)c2)n(Cc2ccncc2)c1C. The van der Waals surface area contributed by atoms with Gasteiger partial charge in [0.05, 0.1) is 17.2 Å². The second-order valence-corrected chi connectivity index (χ2v) is 9.47. The Kier molecular flexibility index (Phi) is 8.04. The van der Waals surface area contributed by atoms with Crippen LogP contribution < -0.4 is 0 Å². The van der Waals surface area contributed by atoms with Gasteiger partial charge in [0.25, 0.3) is 5.78 Å². The molecule has 2 heterocycles. The van der Waals surface area contributed by atoms with Crippen molar-refractivity contribution in [3.8, 4) is 0 Å². The number of ether oxygens (including phenoxy) is 1. The fraction of sp³-hybridized carbons (Fsp3) is 0.292. The molecular weight excluding hydrogens is 467 g/mol. The van der Waals surface area contributed by atoms with Crippen molar-refractivity contribution in [2.75, 3.05) is 6.61 Å². The van der Waals surface area contributed by atoms with Gasteiger partial charge >= 0.3 is 5.97 Å². The van der Waals surface area contributed by atoms with Crippen molar-refractivity contribution >= 4 is 46.7 Å². The van der Waals surface area contributed by atoms with Crippen molar-refractivity contribution in [3.05, 3.63) is 75.2 Å². The Morgan fingerprint density at radius 3 is 2.31 bits per heavy atom. The lowest BCUT2D eigenvalue weighted by Crippen LogP contribution is -2.19. The molecule has 8 heteroatoms. The molecule has 0 unspecified atom stereocenters. The van der Waals surface area contributed by atoms with Gasteiger partial charge in [-0.15, -0.1) is 0 Å². The summed E-state index contributed by atoms with van der Waals surface area (Å²) in [4.78, 5) is 30.4. The van der Waals surface area contributed by atoms with E-state index in [4.69, 9.17) is 27.9 Å². The minimum Gasteiger partial charge on any atom is -0.460 e. The second-order valence-electron chi connectivity index (χ2n) is 7.53. The summed E-state index contributed by atoms with van der Waals surface area (Å²) in [7, 11) is 0. The van der Waals surface area contributed by atoms with Crippen molar-refractivity contribution in [1.29, 1.82) is 0 Å². The molecule has 0 aliphatic carbocycles. The van der Waals surface area contributed by atoms with Crippen LogP contribution >= 0.6 is 35.0 Å². The molecule has 0 atom stereocenters. The summed E-state index contributed by atoms with van der Waals surface area (Å²) in [6, 6.07) is 9.17. The van der Waals surface area contributed by atoms with Crippen LogP contribution in [0.2, 0.25) is 10.0 Å². The minimum absolute atomic E-state index is 0.0158. The van der Waals surface area contributed by atoms with Crippen LogP contribution in [0.15, 0.2) is 52.6 Å². The first kappa shape index (κ1) is 24.4. The maximum Gasteiger partial charge on any atom is 0.379 e. The highest BCUT2D eigenvalue weighted by Gasteiger charge is 2.31. The highest BCUT2D eigenvalue weighted by molar-refractivity contribution is 7.99. The van der Waals surface area contributed by atoms with Gasteiger partial charge in [-0.05, 0) is 61.2 Å². The summed E-state index contributed by atoms with van der Waals surface area (Å²) in [5.41, 5.74) is 2.92. The van der Waals surface area contributed by atoms with Gasteiger partial charge in [-0.2, -0.15) is 0 Å². The summed E-state index contributed by atoms with van der Waals surface area (Å²) in [6.45, 7) is 8.20. The number of halogens is 2. The molecule has 0 N–H and O–H groups in total. The Labute approximate surface area is 202 Å². The summed E-state index contributed by atoms with van der Waals surface area (Å²) in [5.74, 6) is -1.49. The van der Waals surface area contributed by atoms with Gasteiger partial charge < -0.3 is 9.30 Å². The number of benzene rings is 1. The maximum absolute atomic E-state index is 13.1. The minimum atomic E-state index is -0.846. The van der Waals surface area contributed by atoms with Crippen LogP contribution in [0.25, 0.3) is 0 Å². The first-order valence-corrected chi connectivity index (χ1v) is 11.8. The molecule has 3 rings (SSSR count). The standard InChI is InChI=1S/C24H24Cl2N2O3S/c1-5-31-24(30)22(29)21-15(4)28(13-16-6-8-27-9-7-16)23(20(21)14(2)3)32-19-11-17(25)10-18(26)12-19/h6-12,14H,5,13H2,1-4H3. The fourth-order valence-electron chi connectivity index (χ4n) is 3.53. The second kappa shape index (κ2) is 10.6. The molecule has 1 aromatic carbocycles. The number of Topliss-reactive ketones (excluding diaryl/α,β-unsaturated/α-hetero) is 1. The van der Waals surface area contributed by atoms with Gasteiger partial charge in [-0.1, -0.05) is 48.8 Å². The van der Waals surface area contributed by atoms with Gasteiger partial charge in [0.2, 0.25) is 0 Å². The van der Waals surface area contributed by atoms with Crippen LogP contribution in [-0.2, 0) is 16.1 Å². The van der Waals surface area contributed by atoms with Crippen molar-refractivity contribution in [2.24, 2.45) is 0 Å². The van der Waals surface area contributed by atoms with E-state index < -0.39 is 11.8 Å². The first-order chi connectivity index (χ1) is 15.2. The Hall–Kier alpha value is -2.28. The molecule has 0 aliphatic heterocycles. The number of hydrogen-bond acceptors (Lipinski definition) is 5. The van der Waals surface area contributed by atoms with E-state index in [0.29, 0.717) is 27.8 Å². The molecule has 2 aromatic heterocycles. The molecule has 0 aliphatic rings. The molecule has 0 saturated heterocycles. The fourth-order valence-corrected chi connectivity index (χ4v) is 5.54. The number of carbonyl (C=O) groups is 2. The lowest BCUT2D eigenvalue weighted by molar-refractivity contribution is -0.137. The van der Waals surface area contributed by atoms with Crippen molar-refractivity contribution < 1.29 is 14.3 Å². The molecule has 3 aromatic rings. The lowest BCUT2D eigenvalue weighted by atomic mass is 9.98. The molecule has 0 amide bonds. The predicted molar refractivity (Wildman–Crippen MR) is 128 cm³/mol. The molecule has 168 valence electrons. The zero-order valence-electron chi connectivity index (χ0n) is 18.3. The van der Waals surface area contributed by atoms with E-state index in [1.165, 1.54) is 11.8 Å². The van der Waals surface area contributed by atoms with E-state index in [2.05, 4.69) is 9.55 Å². The summed E-state index contributed by atoms with van der Waals surface area (Å²) < 4.78 is 7.07. The average Bonchev–Trinajstić information content (AvgIpc) is 2.99. The maximum atomic E-state index is 13.1. The number of pyridine rings is 1. The number of aromatic nitrogens is 2. The zero-order valence-corrected chi connectivity index (χ0v) is 20.6. The van der Waals surface area contributed by atoms with E-state index in [9.17, 15) is 9.59 Å². The highest BCUT2D eigenvalue weighted by Crippen LogP contribution is 2.41. The third-order valence-corrected chi connectivity index (χ3v) is 6.46. The number of hydrogen-bond donors (Lipinski definition) is 0. The molecule has 0 radical (unpaired) electrons. The summed E-state index contributed by atoms with van der Waals surface area (Å²) >= 11 is 13.9. The van der Waals surface area contributed by atoms with Gasteiger partial charge in [0.1, 0.15) is 0 Å². The van der Waals surface area contributed by atoms with Crippen molar-refractivity contribution in [1.82, 2.24) is 9.55 Å². The van der Waals surface area contributed by atoms with Crippen LogP contribution in [0, 0.1) is 6.92 Å². The third kappa shape index (κ3) is 5.37. The molecule has 0 bridgehead atoms. The molecule has 0 spiro atoms. The van der Waals surface area contributed by atoms with Gasteiger partial charge in [0.15, 0.2) is 0 Å². The lowest BCUT2D eigenvalue weighted by Gasteiger charge is -2.14. The van der Waals surface area contributed by atoms with Crippen LogP contribution in [0.3, 0.4) is 0 Å². The summed E-state index contributed by atoms with van der Waals surface area (Å²) in [5, 5.41) is 1.91. The molecule has 0 fully saturated rings. The van der Waals surface area contributed by atoms with E-state index in [-0.39, 0.29) is 12.5 Å². The Bertz CT molecular complexity index is 1120. The van der Waals surface area contributed by atoms with Gasteiger partial charge in [-0.3, -0.25) is 9.78 Å². The highest BCUT2D eigenvalue weighted by atomic mass is 35.5. The number of nitrogens with zero attached hydrogens (tertiary/aromatic N) is 2. The number of esters is 1. The first-order valence-electron chi connectivity index (χ1n) is 10.2. The van der Waals surface area contributed by atoms with Crippen molar-refractivity contribution in [2.45, 2.75) is 50.1 Å². The molecule has 0 saturated carbocycles. The monoisotopic (exact) mass is 490 g/mol. The van der Waals surface area contributed by atoms with Gasteiger partial charge in [-0.25, -0.2) is 4.79 Å². The zero-order chi connectivity index (χ0) is 23.4. The third-order valence-electron chi connectivity index (χ3n) is 4.92. The number of ketones is 1. The smallest absolute Gasteiger partial charge is 0.379 e. The Morgan fingerprint density at radius 2 is 1.75 bits per heavy atom.